The van der Waals surface area contributed by atoms with Crippen molar-refractivity contribution in [1.82, 2.24) is 4.90 Å². The molecule has 100 valence electrons. The van der Waals surface area contributed by atoms with Gasteiger partial charge in [0.1, 0.15) is 11.9 Å². The zero-order valence-corrected chi connectivity index (χ0v) is 11.3. The number of aliphatic imine (C=N–C) groups is 1. The summed E-state index contributed by atoms with van der Waals surface area (Å²) in [6.45, 7) is 4.33. The van der Waals surface area contributed by atoms with Crippen LogP contribution in [0, 0.1) is 0 Å². The highest BCUT2D eigenvalue weighted by molar-refractivity contribution is 6.03. The van der Waals surface area contributed by atoms with E-state index in [-0.39, 0.29) is 12.1 Å². The zero-order chi connectivity index (χ0) is 13.6. The van der Waals surface area contributed by atoms with Crippen LogP contribution in [-0.4, -0.2) is 22.8 Å². The van der Waals surface area contributed by atoms with E-state index in [0.29, 0.717) is 17.8 Å². The number of carbonyl (C=O) groups is 1. The van der Waals surface area contributed by atoms with Crippen molar-refractivity contribution in [2.75, 3.05) is 0 Å². The third-order valence-electron chi connectivity index (χ3n) is 3.86. The van der Waals surface area contributed by atoms with Gasteiger partial charge in [0.2, 0.25) is 0 Å². The number of hydrogen-bond acceptors (Lipinski definition) is 2. The van der Waals surface area contributed by atoms with Gasteiger partial charge < -0.3 is 10.6 Å². The predicted molar refractivity (Wildman–Crippen MR) is 75.2 cm³/mol. The first-order valence-corrected chi connectivity index (χ1v) is 6.84. The molecule has 4 nitrogen and oxygen atoms in total. The standard InChI is InChI=1S/C15H19N3O/c1-9(2)10-3-5-11(6-4-10)13-14(16)17-15(19)18(13)12-7-8-12/h3-6,9,12-13H,7-8H2,1-2H3,(H2,16,17,19). The monoisotopic (exact) mass is 257 g/mol. The molecular formula is C15H19N3O. The van der Waals surface area contributed by atoms with Crippen molar-refractivity contribution in [2.24, 2.45) is 10.7 Å². The number of amidine groups is 1. The summed E-state index contributed by atoms with van der Waals surface area (Å²) in [5, 5.41) is 0. The Balaban J connectivity index is 1.91. The molecule has 4 heteroatoms. The van der Waals surface area contributed by atoms with Gasteiger partial charge in [-0.25, -0.2) is 4.79 Å². The molecule has 1 atom stereocenters. The molecule has 3 rings (SSSR count). The molecule has 2 N–H and O–H groups in total. The van der Waals surface area contributed by atoms with Crippen LogP contribution in [0.5, 0.6) is 0 Å². The van der Waals surface area contributed by atoms with Crippen LogP contribution in [0.3, 0.4) is 0 Å². The Morgan fingerprint density at radius 2 is 1.89 bits per heavy atom. The van der Waals surface area contributed by atoms with Crippen LogP contribution >= 0.6 is 0 Å². The molecule has 0 aromatic heterocycles. The van der Waals surface area contributed by atoms with Crippen LogP contribution in [0.1, 0.15) is 49.8 Å². The fourth-order valence-electron chi connectivity index (χ4n) is 2.60. The van der Waals surface area contributed by atoms with Crippen LogP contribution < -0.4 is 5.73 Å². The fraction of sp³-hybridized carbons (Fsp3) is 0.467. The Hall–Kier alpha value is -1.84. The van der Waals surface area contributed by atoms with Gasteiger partial charge in [-0.3, -0.25) is 0 Å². The Morgan fingerprint density at radius 1 is 1.26 bits per heavy atom. The van der Waals surface area contributed by atoms with Gasteiger partial charge in [-0.05, 0) is 29.9 Å². The van der Waals surface area contributed by atoms with Crippen molar-refractivity contribution >= 4 is 11.9 Å². The maximum Gasteiger partial charge on any atom is 0.346 e. The van der Waals surface area contributed by atoms with Crippen molar-refractivity contribution in [3.63, 3.8) is 0 Å². The van der Waals surface area contributed by atoms with Crippen LogP contribution in [0.4, 0.5) is 4.79 Å². The molecule has 2 aliphatic rings. The van der Waals surface area contributed by atoms with Gasteiger partial charge in [-0.15, -0.1) is 0 Å². The van der Waals surface area contributed by atoms with E-state index >= 15 is 0 Å². The minimum absolute atomic E-state index is 0.166. The van der Waals surface area contributed by atoms with E-state index in [4.69, 9.17) is 5.73 Å². The quantitative estimate of drug-likeness (QED) is 0.905. The van der Waals surface area contributed by atoms with E-state index in [1.54, 1.807) is 0 Å². The van der Waals surface area contributed by atoms with Gasteiger partial charge >= 0.3 is 6.03 Å². The molecule has 0 radical (unpaired) electrons. The fourth-order valence-corrected chi connectivity index (χ4v) is 2.60. The van der Waals surface area contributed by atoms with Crippen LogP contribution in [0.2, 0.25) is 0 Å². The lowest BCUT2D eigenvalue weighted by Gasteiger charge is -2.24. The number of nitrogens with two attached hydrogens (primary N) is 1. The summed E-state index contributed by atoms with van der Waals surface area (Å²) in [5.74, 6) is 0.930. The predicted octanol–water partition coefficient (Wildman–Crippen LogP) is 2.81. The Morgan fingerprint density at radius 3 is 2.42 bits per heavy atom. The maximum absolute atomic E-state index is 11.9. The molecule has 0 saturated heterocycles. The first-order valence-electron chi connectivity index (χ1n) is 6.84. The highest BCUT2D eigenvalue weighted by Crippen LogP contribution is 2.38. The second-order valence-corrected chi connectivity index (χ2v) is 5.68. The van der Waals surface area contributed by atoms with Gasteiger partial charge in [0, 0.05) is 6.04 Å². The lowest BCUT2D eigenvalue weighted by atomic mass is 9.98. The van der Waals surface area contributed by atoms with Crippen LogP contribution in [0.15, 0.2) is 29.3 Å². The largest absolute Gasteiger partial charge is 0.385 e. The molecule has 19 heavy (non-hydrogen) atoms. The number of carbonyl (C=O) groups excluding carboxylic acids is 1. The Kier molecular flexibility index (Phi) is 2.81. The summed E-state index contributed by atoms with van der Waals surface area (Å²) >= 11 is 0. The van der Waals surface area contributed by atoms with Crippen molar-refractivity contribution in [2.45, 2.75) is 44.7 Å². The average molecular weight is 257 g/mol. The molecule has 1 aliphatic heterocycles. The lowest BCUT2D eigenvalue weighted by Crippen LogP contribution is -2.34. The third-order valence-corrected chi connectivity index (χ3v) is 3.86. The Bertz CT molecular complexity index is 529. The summed E-state index contributed by atoms with van der Waals surface area (Å²) < 4.78 is 0. The minimum atomic E-state index is -0.182. The van der Waals surface area contributed by atoms with E-state index in [1.807, 2.05) is 4.90 Å². The second kappa shape index (κ2) is 4.37. The summed E-state index contributed by atoms with van der Waals surface area (Å²) in [4.78, 5) is 17.6. The van der Waals surface area contributed by atoms with Gasteiger partial charge in [-0.2, -0.15) is 4.99 Å². The molecule has 0 bridgehead atoms. The zero-order valence-electron chi connectivity index (χ0n) is 11.3. The van der Waals surface area contributed by atoms with Crippen LogP contribution in [-0.2, 0) is 0 Å². The summed E-state index contributed by atoms with van der Waals surface area (Å²) in [6, 6.07) is 8.33. The molecule has 0 spiro atoms. The molecule has 2 amide bonds. The smallest absolute Gasteiger partial charge is 0.346 e. The van der Waals surface area contributed by atoms with E-state index in [1.165, 1.54) is 5.56 Å². The van der Waals surface area contributed by atoms with Crippen molar-refractivity contribution in [3.8, 4) is 0 Å². The van der Waals surface area contributed by atoms with Gasteiger partial charge in [-0.1, -0.05) is 38.1 Å². The highest BCUT2D eigenvalue weighted by atomic mass is 16.2. The van der Waals surface area contributed by atoms with Gasteiger partial charge in [0.15, 0.2) is 0 Å². The molecule has 1 aromatic carbocycles. The second-order valence-electron chi connectivity index (χ2n) is 5.68. The first-order chi connectivity index (χ1) is 9.08. The normalized spacial score (nSPS) is 23.1. The molecule has 1 aromatic rings. The van der Waals surface area contributed by atoms with E-state index in [0.717, 1.165) is 18.4 Å². The van der Waals surface area contributed by atoms with E-state index in [9.17, 15) is 4.79 Å². The lowest BCUT2D eigenvalue weighted by molar-refractivity contribution is 0.203. The molecule has 1 saturated carbocycles. The summed E-state index contributed by atoms with van der Waals surface area (Å²) in [6.07, 6.45) is 2.13. The highest BCUT2D eigenvalue weighted by Gasteiger charge is 2.43. The topological polar surface area (TPSA) is 58.7 Å². The summed E-state index contributed by atoms with van der Waals surface area (Å²) in [7, 11) is 0. The number of amides is 2. The first kappa shape index (κ1) is 12.2. The number of urea groups is 1. The molecule has 1 heterocycles. The van der Waals surface area contributed by atoms with E-state index < -0.39 is 0 Å². The van der Waals surface area contributed by atoms with Crippen LogP contribution in [0.25, 0.3) is 0 Å². The number of hydrogen-bond donors (Lipinski definition) is 1. The molecule has 1 unspecified atom stereocenters. The number of benzene rings is 1. The third kappa shape index (κ3) is 2.11. The minimum Gasteiger partial charge on any atom is -0.385 e. The average Bonchev–Trinajstić information content (AvgIpc) is 3.15. The van der Waals surface area contributed by atoms with Crippen molar-refractivity contribution in [3.05, 3.63) is 35.4 Å². The number of nitrogens with zero attached hydrogens (tertiary/aromatic N) is 2. The molecule has 1 aliphatic carbocycles. The van der Waals surface area contributed by atoms with E-state index in [2.05, 4.69) is 43.1 Å². The SMILES string of the molecule is CC(C)c1ccc(C2C(N)=NC(=O)N2C2CC2)cc1. The maximum atomic E-state index is 11.9. The summed E-state index contributed by atoms with van der Waals surface area (Å²) in [5.41, 5.74) is 8.29. The van der Waals surface area contributed by atoms with Crippen molar-refractivity contribution < 1.29 is 4.79 Å². The number of rotatable bonds is 3. The molecule has 1 fully saturated rings. The van der Waals surface area contributed by atoms with Crippen molar-refractivity contribution in [1.29, 1.82) is 0 Å². The van der Waals surface area contributed by atoms with Gasteiger partial charge in [0.25, 0.3) is 0 Å². The van der Waals surface area contributed by atoms with Gasteiger partial charge in [0.05, 0.1) is 0 Å². The Labute approximate surface area is 113 Å². The molecular weight excluding hydrogens is 238 g/mol.